The lowest BCUT2D eigenvalue weighted by atomic mass is 9.86. The zero-order valence-corrected chi connectivity index (χ0v) is 19.7. The fourth-order valence-electron chi connectivity index (χ4n) is 4.35. The van der Waals surface area contributed by atoms with Crippen LogP contribution in [0.4, 0.5) is 0 Å². The Balaban J connectivity index is 0.000000155. The third kappa shape index (κ3) is 7.50. The number of benzene rings is 1. The van der Waals surface area contributed by atoms with Gasteiger partial charge in [0.25, 0.3) is 0 Å². The van der Waals surface area contributed by atoms with Crippen LogP contribution < -0.4 is 0 Å². The highest BCUT2D eigenvalue weighted by Crippen LogP contribution is 2.42. The smallest absolute Gasteiger partial charge is 0.00174 e. The summed E-state index contributed by atoms with van der Waals surface area (Å²) < 4.78 is 0. The van der Waals surface area contributed by atoms with Gasteiger partial charge in [-0.2, -0.15) is 0 Å². The summed E-state index contributed by atoms with van der Waals surface area (Å²) in [6.45, 7) is 17.0. The fraction of sp³-hybridized carbons (Fsp3) is 0.517. The summed E-state index contributed by atoms with van der Waals surface area (Å²) in [6, 6.07) is 8.71. The van der Waals surface area contributed by atoms with Crippen LogP contribution in [0, 0.1) is 24.7 Å². The molecule has 0 amide bonds. The van der Waals surface area contributed by atoms with E-state index in [1.807, 2.05) is 0 Å². The van der Waals surface area contributed by atoms with E-state index < -0.39 is 0 Å². The molecule has 1 aromatic rings. The summed E-state index contributed by atoms with van der Waals surface area (Å²) in [5, 5.41) is 0. The molecule has 1 fully saturated rings. The van der Waals surface area contributed by atoms with Crippen LogP contribution in [-0.2, 0) is 0 Å². The van der Waals surface area contributed by atoms with E-state index in [1.165, 1.54) is 48.8 Å². The maximum atomic E-state index is 3.97. The SMILES string of the molecule is C/C=C1\CC2C=CC1C2.C=C(C)C1CC=C(C)CC1.Cc1ccc(C(C)C)cc1. The van der Waals surface area contributed by atoms with E-state index in [2.05, 4.69) is 96.7 Å². The van der Waals surface area contributed by atoms with Crippen molar-refractivity contribution in [3.05, 3.63) is 83.0 Å². The molecule has 0 spiro atoms. The lowest BCUT2D eigenvalue weighted by Gasteiger charge is -2.19. The van der Waals surface area contributed by atoms with Gasteiger partial charge in [-0.05, 0) is 89.0 Å². The highest BCUT2D eigenvalue weighted by atomic mass is 14.3. The van der Waals surface area contributed by atoms with E-state index >= 15 is 0 Å². The molecule has 0 aromatic heterocycles. The van der Waals surface area contributed by atoms with Crippen molar-refractivity contribution in [3.63, 3.8) is 0 Å². The highest BCUT2D eigenvalue weighted by Gasteiger charge is 2.29. The first kappa shape index (κ1) is 23.5. The second kappa shape index (κ2) is 11.4. The van der Waals surface area contributed by atoms with Crippen LogP contribution in [0.1, 0.15) is 83.8 Å². The molecular weight excluding hydrogens is 348 g/mol. The van der Waals surface area contributed by atoms with Gasteiger partial charge in [-0.15, -0.1) is 0 Å². The molecule has 1 aromatic carbocycles. The Labute approximate surface area is 180 Å². The molecule has 29 heavy (non-hydrogen) atoms. The van der Waals surface area contributed by atoms with E-state index in [9.17, 15) is 0 Å². The summed E-state index contributed by atoms with van der Waals surface area (Å²) >= 11 is 0. The average molecular weight is 391 g/mol. The van der Waals surface area contributed by atoms with Gasteiger partial charge in [0, 0.05) is 0 Å². The van der Waals surface area contributed by atoms with E-state index in [0.29, 0.717) is 5.92 Å². The predicted molar refractivity (Wildman–Crippen MR) is 130 cm³/mol. The van der Waals surface area contributed by atoms with Crippen molar-refractivity contribution in [1.29, 1.82) is 0 Å². The van der Waals surface area contributed by atoms with E-state index in [4.69, 9.17) is 0 Å². The van der Waals surface area contributed by atoms with Gasteiger partial charge in [0.15, 0.2) is 0 Å². The lowest BCUT2D eigenvalue weighted by molar-refractivity contribution is 0.540. The third-order valence-electron chi connectivity index (χ3n) is 6.60. The second-order valence-corrected chi connectivity index (χ2v) is 9.49. The molecule has 1 saturated carbocycles. The topological polar surface area (TPSA) is 0 Å². The largest absolute Gasteiger partial charge is 0.0998 e. The van der Waals surface area contributed by atoms with Crippen LogP contribution in [0.25, 0.3) is 0 Å². The molecule has 3 unspecified atom stereocenters. The molecule has 3 atom stereocenters. The number of hydrogen-bond donors (Lipinski definition) is 0. The number of allylic oxidation sites excluding steroid dienone is 7. The first-order chi connectivity index (χ1) is 13.8. The Hall–Kier alpha value is -1.82. The van der Waals surface area contributed by atoms with Crippen LogP contribution in [0.2, 0.25) is 0 Å². The summed E-state index contributed by atoms with van der Waals surface area (Å²) in [5.74, 6) is 3.16. The number of fused-ring (bicyclic) bond motifs is 2. The van der Waals surface area contributed by atoms with Gasteiger partial charge in [-0.25, -0.2) is 0 Å². The van der Waals surface area contributed by atoms with Gasteiger partial charge in [0.2, 0.25) is 0 Å². The first-order valence-electron chi connectivity index (χ1n) is 11.5. The standard InChI is InChI=1S/C10H16.C10H14.C9H12/c2*1-8(2)10-6-4-9(3)5-7-10;1-2-8-5-7-3-4-9(8)6-7/h4,10H,1,5-7H2,2-3H3;4-8H,1-3H3;2-4,7,9H,5-6H2,1H3/b;;8-2+. The van der Waals surface area contributed by atoms with E-state index in [-0.39, 0.29) is 0 Å². The number of rotatable bonds is 2. The van der Waals surface area contributed by atoms with Gasteiger partial charge in [0.1, 0.15) is 0 Å². The Morgan fingerprint density at radius 1 is 1.10 bits per heavy atom. The molecule has 0 heteroatoms. The van der Waals surface area contributed by atoms with Crippen LogP contribution in [0.5, 0.6) is 0 Å². The number of hydrogen-bond acceptors (Lipinski definition) is 0. The minimum absolute atomic E-state index is 0.653. The Bertz CT molecular complexity index is 739. The Kier molecular flexibility index (Phi) is 9.21. The Morgan fingerprint density at radius 2 is 1.79 bits per heavy atom. The van der Waals surface area contributed by atoms with Crippen molar-refractivity contribution in [2.45, 2.75) is 79.6 Å². The minimum atomic E-state index is 0.653. The second-order valence-electron chi connectivity index (χ2n) is 9.49. The maximum absolute atomic E-state index is 3.97. The van der Waals surface area contributed by atoms with Gasteiger partial charge < -0.3 is 0 Å². The molecule has 0 aliphatic heterocycles. The van der Waals surface area contributed by atoms with Crippen molar-refractivity contribution in [3.8, 4) is 0 Å². The van der Waals surface area contributed by atoms with Crippen LogP contribution in [-0.4, -0.2) is 0 Å². The van der Waals surface area contributed by atoms with Crippen molar-refractivity contribution in [1.82, 2.24) is 0 Å². The molecule has 3 aliphatic rings. The van der Waals surface area contributed by atoms with Gasteiger partial charge in [-0.1, -0.05) is 91.3 Å². The van der Waals surface area contributed by atoms with Crippen molar-refractivity contribution >= 4 is 0 Å². The maximum Gasteiger partial charge on any atom is -0.00174 e. The van der Waals surface area contributed by atoms with Gasteiger partial charge in [-0.3, -0.25) is 0 Å². The molecular formula is C29H42. The molecule has 0 N–H and O–H groups in total. The van der Waals surface area contributed by atoms with Crippen molar-refractivity contribution < 1.29 is 0 Å². The zero-order valence-electron chi connectivity index (χ0n) is 19.7. The fourth-order valence-corrected chi connectivity index (χ4v) is 4.35. The summed E-state index contributed by atoms with van der Waals surface area (Å²) in [6.07, 6.45) is 15.9. The molecule has 0 saturated heterocycles. The third-order valence-corrected chi connectivity index (χ3v) is 6.60. The van der Waals surface area contributed by atoms with Crippen LogP contribution in [0.15, 0.2) is 71.9 Å². The molecule has 3 aliphatic carbocycles. The van der Waals surface area contributed by atoms with E-state index in [1.54, 1.807) is 11.1 Å². The number of aryl methyl sites for hydroxylation is 1. The van der Waals surface area contributed by atoms with Crippen LogP contribution >= 0.6 is 0 Å². The zero-order chi connectivity index (χ0) is 21.4. The quantitative estimate of drug-likeness (QED) is 0.442. The summed E-state index contributed by atoms with van der Waals surface area (Å²) in [4.78, 5) is 0. The highest BCUT2D eigenvalue weighted by molar-refractivity contribution is 5.26. The minimum Gasteiger partial charge on any atom is -0.0998 e. The van der Waals surface area contributed by atoms with Gasteiger partial charge in [0.05, 0.1) is 0 Å². The lowest BCUT2D eigenvalue weighted by Crippen LogP contribution is -2.04. The Morgan fingerprint density at radius 3 is 2.17 bits per heavy atom. The molecule has 158 valence electrons. The molecule has 4 rings (SSSR count). The average Bonchev–Trinajstić information content (AvgIpc) is 3.33. The van der Waals surface area contributed by atoms with Crippen LogP contribution in [0.3, 0.4) is 0 Å². The molecule has 0 heterocycles. The van der Waals surface area contributed by atoms with Crippen molar-refractivity contribution in [2.24, 2.45) is 17.8 Å². The molecule has 2 bridgehead atoms. The van der Waals surface area contributed by atoms with Crippen molar-refractivity contribution in [2.75, 3.05) is 0 Å². The molecule has 0 nitrogen and oxygen atoms in total. The van der Waals surface area contributed by atoms with E-state index in [0.717, 1.165) is 17.8 Å². The monoisotopic (exact) mass is 390 g/mol. The molecule has 0 radical (unpaired) electrons. The normalized spacial score (nSPS) is 25.8. The predicted octanol–water partition coefficient (Wildman–Crippen LogP) is 8.96. The van der Waals surface area contributed by atoms with Gasteiger partial charge >= 0.3 is 0 Å². The summed E-state index contributed by atoms with van der Waals surface area (Å²) in [5.41, 5.74) is 7.33. The first-order valence-corrected chi connectivity index (χ1v) is 11.5. The summed E-state index contributed by atoms with van der Waals surface area (Å²) in [7, 11) is 0.